The van der Waals surface area contributed by atoms with Crippen molar-refractivity contribution in [3.05, 3.63) is 270 Å². The van der Waals surface area contributed by atoms with Gasteiger partial charge < -0.3 is 4.90 Å². The SMILES string of the molecule is C1=CCCC(c2ccc(N(c3ccc(C4=CCCC=C4)cc3)c3ccc(-c4cccc5c4-c4ccccc4C54c5ccccc5-c5ccc(-c6ccccc6)cc54)c4ccccc34)cc2)=C1. The molecule has 0 fully saturated rings. The first-order chi connectivity index (χ1) is 32.8. The third-order valence-corrected chi connectivity index (χ3v) is 14.6. The Kier molecular flexibility index (Phi) is 9.10. The number of anilines is 3. The first-order valence-corrected chi connectivity index (χ1v) is 23.5. The van der Waals surface area contributed by atoms with Crippen LogP contribution in [0, 0.1) is 0 Å². The number of hydrogen-bond acceptors (Lipinski definition) is 1. The highest BCUT2D eigenvalue weighted by molar-refractivity contribution is 6.10. The molecule has 0 N–H and O–H groups in total. The van der Waals surface area contributed by atoms with Crippen LogP contribution >= 0.6 is 0 Å². The lowest BCUT2D eigenvalue weighted by Crippen LogP contribution is -2.25. The molecule has 0 saturated heterocycles. The summed E-state index contributed by atoms with van der Waals surface area (Å²) in [7, 11) is 0. The Balaban J connectivity index is 1.00. The number of allylic oxidation sites excluding steroid dienone is 8. The molecule has 0 aliphatic heterocycles. The van der Waals surface area contributed by atoms with Gasteiger partial charge >= 0.3 is 0 Å². The normalized spacial score (nSPS) is 16.4. The molecule has 4 aliphatic carbocycles. The van der Waals surface area contributed by atoms with Gasteiger partial charge in [0.2, 0.25) is 0 Å². The van der Waals surface area contributed by atoms with Gasteiger partial charge in [0.05, 0.1) is 11.1 Å². The average molecular weight is 842 g/mol. The third kappa shape index (κ3) is 5.93. The van der Waals surface area contributed by atoms with E-state index in [-0.39, 0.29) is 0 Å². The second-order valence-electron chi connectivity index (χ2n) is 18.1. The summed E-state index contributed by atoms with van der Waals surface area (Å²) in [6.45, 7) is 0. The first-order valence-electron chi connectivity index (χ1n) is 23.5. The molecule has 13 rings (SSSR count). The maximum atomic E-state index is 2.48. The van der Waals surface area contributed by atoms with E-state index in [2.05, 4.69) is 242 Å². The zero-order valence-electron chi connectivity index (χ0n) is 36.8. The second kappa shape index (κ2) is 15.6. The maximum Gasteiger partial charge on any atom is 0.0725 e. The van der Waals surface area contributed by atoms with Crippen LogP contribution in [0.25, 0.3) is 66.4 Å². The van der Waals surface area contributed by atoms with Crippen molar-refractivity contribution in [1.82, 2.24) is 0 Å². The van der Waals surface area contributed by atoms with Crippen molar-refractivity contribution in [3.8, 4) is 44.5 Å². The van der Waals surface area contributed by atoms with Gasteiger partial charge in [-0.15, -0.1) is 0 Å². The van der Waals surface area contributed by atoms with E-state index in [0.29, 0.717) is 0 Å². The molecule has 66 heavy (non-hydrogen) atoms. The van der Waals surface area contributed by atoms with Crippen LogP contribution in [0.4, 0.5) is 17.1 Å². The van der Waals surface area contributed by atoms with Crippen LogP contribution in [0.5, 0.6) is 0 Å². The van der Waals surface area contributed by atoms with Crippen LogP contribution in [0.3, 0.4) is 0 Å². The number of fused-ring (bicyclic) bond motifs is 11. The minimum absolute atomic E-state index is 0.461. The van der Waals surface area contributed by atoms with Crippen LogP contribution in [0.1, 0.15) is 59.1 Å². The van der Waals surface area contributed by atoms with Crippen molar-refractivity contribution in [1.29, 1.82) is 0 Å². The fraction of sp³-hybridized carbons (Fsp3) is 0.0769. The summed E-state index contributed by atoms with van der Waals surface area (Å²) in [6.07, 6.45) is 18.0. The van der Waals surface area contributed by atoms with Gasteiger partial charge in [0.25, 0.3) is 0 Å². The van der Waals surface area contributed by atoms with E-state index in [1.54, 1.807) is 0 Å². The molecule has 1 unspecified atom stereocenters. The molecular formula is C65H47N. The zero-order valence-corrected chi connectivity index (χ0v) is 36.8. The van der Waals surface area contributed by atoms with Gasteiger partial charge in [-0.2, -0.15) is 0 Å². The molecular weight excluding hydrogens is 795 g/mol. The van der Waals surface area contributed by atoms with E-state index in [1.807, 2.05) is 0 Å². The highest BCUT2D eigenvalue weighted by Gasteiger charge is 2.52. The molecule has 9 aromatic carbocycles. The minimum Gasteiger partial charge on any atom is -0.310 e. The number of benzene rings is 9. The van der Waals surface area contributed by atoms with Gasteiger partial charge in [0.1, 0.15) is 0 Å². The summed E-state index contributed by atoms with van der Waals surface area (Å²) in [5, 5.41) is 2.44. The van der Waals surface area contributed by atoms with E-state index in [0.717, 1.165) is 42.7 Å². The Morgan fingerprint density at radius 2 is 1.03 bits per heavy atom. The van der Waals surface area contributed by atoms with Crippen molar-refractivity contribution < 1.29 is 0 Å². The highest BCUT2D eigenvalue weighted by atomic mass is 15.1. The van der Waals surface area contributed by atoms with Crippen molar-refractivity contribution >= 4 is 39.0 Å². The molecule has 4 aliphatic rings. The van der Waals surface area contributed by atoms with Crippen molar-refractivity contribution in [3.63, 3.8) is 0 Å². The Hall–Kier alpha value is -8.00. The summed E-state index contributed by atoms with van der Waals surface area (Å²) in [4.78, 5) is 2.45. The van der Waals surface area contributed by atoms with Gasteiger partial charge in [0, 0.05) is 16.8 Å². The zero-order chi connectivity index (χ0) is 43.6. The molecule has 0 heterocycles. The van der Waals surface area contributed by atoms with Crippen LogP contribution in [0.2, 0.25) is 0 Å². The van der Waals surface area contributed by atoms with E-state index < -0.39 is 5.41 Å². The van der Waals surface area contributed by atoms with Gasteiger partial charge in [-0.3, -0.25) is 0 Å². The second-order valence-corrected chi connectivity index (χ2v) is 18.1. The van der Waals surface area contributed by atoms with E-state index in [9.17, 15) is 0 Å². The molecule has 9 aromatic rings. The Morgan fingerprint density at radius 1 is 0.394 bits per heavy atom. The van der Waals surface area contributed by atoms with Gasteiger partial charge in [-0.05, 0) is 157 Å². The fourth-order valence-electron chi connectivity index (χ4n) is 11.7. The Bertz CT molecular complexity index is 3510. The fourth-order valence-corrected chi connectivity index (χ4v) is 11.7. The lowest BCUT2D eigenvalue weighted by molar-refractivity contribution is 0.794. The number of hydrogen-bond donors (Lipinski definition) is 0. The monoisotopic (exact) mass is 841 g/mol. The topological polar surface area (TPSA) is 3.24 Å². The lowest BCUT2D eigenvalue weighted by atomic mass is 9.70. The van der Waals surface area contributed by atoms with Gasteiger partial charge in [-0.25, -0.2) is 0 Å². The molecule has 1 nitrogen and oxygen atoms in total. The van der Waals surface area contributed by atoms with Crippen LogP contribution in [-0.4, -0.2) is 0 Å². The molecule has 0 radical (unpaired) electrons. The molecule has 0 bridgehead atoms. The summed E-state index contributed by atoms with van der Waals surface area (Å²) in [5.41, 5.74) is 23.8. The predicted molar refractivity (Wildman–Crippen MR) is 279 cm³/mol. The maximum absolute atomic E-state index is 2.48. The smallest absolute Gasteiger partial charge is 0.0725 e. The third-order valence-electron chi connectivity index (χ3n) is 14.6. The predicted octanol–water partition coefficient (Wildman–Crippen LogP) is 17.5. The lowest BCUT2D eigenvalue weighted by Gasteiger charge is -2.31. The van der Waals surface area contributed by atoms with Gasteiger partial charge in [0.15, 0.2) is 0 Å². The molecule has 1 atom stereocenters. The Morgan fingerprint density at radius 3 is 1.79 bits per heavy atom. The van der Waals surface area contributed by atoms with Crippen LogP contribution < -0.4 is 4.90 Å². The number of rotatable bonds is 7. The average Bonchev–Trinajstić information content (AvgIpc) is 3.87. The quantitative estimate of drug-likeness (QED) is 0.155. The standard InChI is InChI=1S/C65H47N/c1-4-17-44(18-5-1)47-31-36-50(37-32-47)66(51-38-33-48(34-39-51)45-19-6-2-7-20-45)63-42-41-53(52-23-10-11-25-56(52)63)57-27-16-30-61-64(57)58-26-13-15-29-60(58)65(61)59-28-14-12-24-54(59)55-40-35-49(43-62(55)65)46-21-8-3-9-22-46/h1,3-4,6,8-17,19-43H,2,5,7,18H2. The molecule has 0 aromatic heterocycles. The Labute approximate surface area is 387 Å². The number of nitrogens with zero attached hydrogens (tertiary/aromatic N) is 1. The molecule has 0 amide bonds. The van der Waals surface area contributed by atoms with Crippen molar-refractivity contribution in [2.75, 3.05) is 4.90 Å². The van der Waals surface area contributed by atoms with Gasteiger partial charge in [-0.1, -0.05) is 200 Å². The first kappa shape index (κ1) is 38.5. The van der Waals surface area contributed by atoms with Crippen molar-refractivity contribution in [2.24, 2.45) is 0 Å². The van der Waals surface area contributed by atoms with E-state index in [4.69, 9.17) is 0 Å². The summed E-state index contributed by atoms with van der Waals surface area (Å²) in [5.74, 6) is 0. The summed E-state index contributed by atoms with van der Waals surface area (Å²) < 4.78 is 0. The summed E-state index contributed by atoms with van der Waals surface area (Å²) in [6, 6.07) is 75.5. The minimum atomic E-state index is -0.461. The van der Waals surface area contributed by atoms with E-state index in [1.165, 1.54) is 99.8 Å². The van der Waals surface area contributed by atoms with Crippen LogP contribution in [-0.2, 0) is 5.41 Å². The van der Waals surface area contributed by atoms with Crippen molar-refractivity contribution in [2.45, 2.75) is 31.1 Å². The molecule has 0 saturated carbocycles. The van der Waals surface area contributed by atoms with Crippen LogP contribution in [0.15, 0.2) is 237 Å². The summed E-state index contributed by atoms with van der Waals surface area (Å²) >= 11 is 0. The molecule has 312 valence electrons. The molecule has 1 spiro atoms. The molecule has 1 heteroatoms. The highest BCUT2D eigenvalue weighted by Crippen LogP contribution is 2.64. The largest absolute Gasteiger partial charge is 0.310 e. The van der Waals surface area contributed by atoms with E-state index >= 15 is 0 Å².